The van der Waals surface area contributed by atoms with E-state index < -0.39 is 18.0 Å². The molecule has 0 aliphatic carbocycles. The quantitative estimate of drug-likeness (QED) is 0.481. The molecule has 0 saturated heterocycles. The second-order valence-electron chi connectivity index (χ2n) is 7.67. The molecule has 1 atom stereocenters. The highest BCUT2D eigenvalue weighted by Crippen LogP contribution is 2.36. The molecule has 0 saturated carbocycles. The summed E-state index contributed by atoms with van der Waals surface area (Å²) in [5.41, 5.74) is 2.29. The molecular formula is C24H26Cl2N2O5. The summed E-state index contributed by atoms with van der Waals surface area (Å²) in [6.07, 6.45) is 0. The lowest BCUT2D eigenvalue weighted by molar-refractivity contribution is -0.136. The largest absolute Gasteiger partial charge is 0.490 e. The van der Waals surface area contributed by atoms with Crippen molar-refractivity contribution in [1.29, 1.82) is 0 Å². The van der Waals surface area contributed by atoms with E-state index in [1.54, 1.807) is 36.4 Å². The van der Waals surface area contributed by atoms with E-state index in [1.807, 2.05) is 20.8 Å². The Morgan fingerprint density at radius 2 is 1.85 bits per heavy atom. The van der Waals surface area contributed by atoms with E-state index in [2.05, 4.69) is 10.6 Å². The third-order valence-corrected chi connectivity index (χ3v) is 5.67. The predicted molar refractivity (Wildman–Crippen MR) is 127 cm³/mol. The number of hydrogen-bond donors (Lipinski definition) is 2. The number of hydrogen-bond acceptors (Lipinski definition) is 5. The molecular weight excluding hydrogens is 467 g/mol. The van der Waals surface area contributed by atoms with E-state index in [1.165, 1.54) is 7.11 Å². The van der Waals surface area contributed by atoms with E-state index in [0.717, 1.165) is 5.56 Å². The SMILES string of the molecule is CCOc1cc(C2NC(=O)NC(C(C)C)=C2C(=O)OC)ccc1OCc1ccc(Cl)cc1Cl. The highest BCUT2D eigenvalue weighted by atomic mass is 35.5. The number of amides is 2. The first-order chi connectivity index (χ1) is 15.7. The number of allylic oxidation sites excluding steroid dienone is 1. The first kappa shape index (κ1) is 24.7. The van der Waals surface area contributed by atoms with Gasteiger partial charge in [-0.3, -0.25) is 0 Å². The molecule has 0 aromatic heterocycles. The molecule has 33 heavy (non-hydrogen) atoms. The third-order valence-electron chi connectivity index (χ3n) is 5.08. The Bertz CT molecular complexity index is 1080. The Morgan fingerprint density at radius 1 is 1.09 bits per heavy atom. The fraction of sp³-hybridized carbons (Fsp3) is 0.333. The third kappa shape index (κ3) is 5.72. The van der Waals surface area contributed by atoms with Gasteiger partial charge in [-0.25, -0.2) is 9.59 Å². The highest BCUT2D eigenvalue weighted by Gasteiger charge is 2.34. The van der Waals surface area contributed by atoms with Gasteiger partial charge in [0, 0.05) is 21.3 Å². The van der Waals surface area contributed by atoms with E-state index in [0.29, 0.717) is 45.0 Å². The van der Waals surface area contributed by atoms with Gasteiger partial charge in [0.1, 0.15) is 6.61 Å². The number of carbonyl (C=O) groups is 2. The number of benzene rings is 2. The summed E-state index contributed by atoms with van der Waals surface area (Å²) in [5, 5.41) is 6.58. The summed E-state index contributed by atoms with van der Waals surface area (Å²) in [4.78, 5) is 24.9. The van der Waals surface area contributed by atoms with Crippen molar-refractivity contribution in [3.05, 3.63) is 68.8 Å². The normalized spacial score (nSPS) is 15.7. The standard InChI is InChI=1S/C24H26Cl2N2O5/c1-5-32-19-10-14(7-9-18(19)33-12-15-6-8-16(25)11-17(15)26)22-20(23(29)31-4)21(13(2)3)27-24(30)28-22/h6-11,13,22H,5,12H2,1-4H3,(H2,27,28,30). The molecule has 0 radical (unpaired) electrons. The lowest BCUT2D eigenvalue weighted by Crippen LogP contribution is -2.47. The summed E-state index contributed by atoms with van der Waals surface area (Å²) in [5.74, 6) is 0.361. The van der Waals surface area contributed by atoms with Gasteiger partial charge in [0.15, 0.2) is 11.5 Å². The molecule has 7 nitrogen and oxygen atoms in total. The van der Waals surface area contributed by atoms with Crippen molar-refractivity contribution in [2.45, 2.75) is 33.4 Å². The Balaban J connectivity index is 1.96. The van der Waals surface area contributed by atoms with Gasteiger partial charge in [0.25, 0.3) is 0 Å². The second kappa shape index (κ2) is 10.8. The summed E-state index contributed by atoms with van der Waals surface area (Å²) in [6.45, 7) is 6.26. The maximum atomic E-state index is 12.6. The summed E-state index contributed by atoms with van der Waals surface area (Å²) >= 11 is 12.2. The van der Waals surface area contributed by atoms with Gasteiger partial charge in [-0.2, -0.15) is 0 Å². The predicted octanol–water partition coefficient (Wildman–Crippen LogP) is 5.41. The number of rotatable bonds is 8. The second-order valence-corrected chi connectivity index (χ2v) is 8.51. The lowest BCUT2D eigenvalue weighted by Gasteiger charge is -2.31. The van der Waals surface area contributed by atoms with Gasteiger partial charge in [-0.05, 0) is 42.7 Å². The molecule has 176 valence electrons. The number of halogens is 2. The van der Waals surface area contributed by atoms with Gasteiger partial charge < -0.3 is 24.8 Å². The minimum absolute atomic E-state index is 0.0919. The van der Waals surface area contributed by atoms with Crippen LogP contribution in [0.3, 0.4) is 0 Å². The zero-order valence-electron chi connectivity index (χ0n) is 18.8. The Morgan fingerprint density at radius 3 is 2.48 bits per heavy atom. The molecule has 0 bridgehead atoms. The van der Waals surface area contributed by atoms with E-state index in [9.17, 15) is 9.59 Å². The molecule has 2 aromatic carbocycles. The van der Waals surface area contributed by atoms with Crippen LogP contribution in [0.2, 0.25) is 10.0 Å². The van der Waals surface area contributed by atoms with Gasteiger partial charge in [-0.1, -0.05) is 49.2 Å². The van der Waals surface area contributed by atoms with Crippen molar-refractivity contribution in [3.63, 3.8) is 0 Å². The van der Waals surface area contributed by atoms with E-state index in [-0.39, 0.29) is 12.5 Å². The molecule has 2 amide bonds. The van der Waals surface area contributed by atoms with Crippen molar-refractivity contribution in [3.8, 4) is 11.5 Å². The average Bonchev–Trinajstić information content (AvgIpc) is 2.78. The van der Waals surface area contributed by atoms with Crippen LogP contribution < -0.4 is 20.1 Å². The summed E-state index contributed by atoms with van der Waals surface area (Å²) < 4.78 is 16.7. The molecule has 2 N–H and O–H groups in total. The zero-order valence-corrected chi connectivity index (χ0v) is 20.3. The molecule has 1 aliphatic rings. The fourth-order valence-corrected chi connectivity index (χ4v) is 3.98. The topological polar surface area (TPSA) is 85.9 Å². The van der Waals surface area contributed by atoms with Crippen molar-refractivity contribution in [1.82, 2.24) is 10.6 Å². The first-order valence-corrected chi connectivity index (χ1v) is 11.2. The maximum Gasteiger partial charge on any atom is 0.337 e. The highest BCUT2D eigenvalue weighted by molar-refractivity contribution is 6.35. The van der Waals surface area contributed by atoms with Crippen LogP contribution in [0.5, 0.6) is 11.5 Å². The molecule has 3 rings (SSSR count). The van der Waals surface area contributed by atoms with Crippen LogP contribution in [-0.2, 0) is 16.1 Å². The van der Waals surface area contributed by atoms with Gasteiger partial charge in [-0.15, -0.1) is 0 Å². The van der Waals surface area contributed by atoms with Crippen LogP contribution >= 0.6 is 23.2 Å². The number of urea groups is 1. The van der Waals surface area contributed by atoms with Crippen molar-refractivity contribution in [2.24, 2.45) is 5.92 Å². The molecule has 1 aliphatic heterocycles. The number of nitrogens with one attached hydrogen (secondary N) is 2. The van der Waals surface area contributed by atoms with Crippen LogP contribution in [0.4, 0.5) is 4.79 Å². The van der Waals surface area contributed by atoms with Crippen molar-refractivity contribution in [2.75, 3.05) is 13.7 Å². The molecule has 1 unspecified atom stereocenters. The number of methoxy groups -OCH3 is 1. The first-order valence-electron chi connectivity index (χ1n) is 10.5. The number of ether oxygens (including phenoxy) is 3. The number of carbonyl (C=O) groups excluding carboxylic acids is 2. The molecule has 0 fully saturated rings. The van der Waals surface area contributed by atoms with Crippen LogP contribution in [0.15, 0.2) is 47.7 Å². The summed E-state index contributed by atoms with van der Waals surface area (Å²) in [6, 6.07) is 9.35. The van der Waals surface area contributed by atoms with Crippen LogP contribution in [0, 0.1) is 5.92 Å². The minimum atomic E-state index is -0.706. The summed E-state index contributed by atoms with van der Waals surface area (Å²) in [7, 11) is 1.31. The Hall–Kier alpha value is -2.90. The molecule has 0 spiro atoms. The molecule has 1 heterocycles. The smallest absolute Gasteiger partial charge is 0.337 e. The average molecular weight is 493 g/mol. The van der Waals surface area contributed by atoms with Crippen LogP contribution in [0.1, 0.15) is 37.9 Å². The van der Waals surface area contributed by atoms with Crippen LogP contribution in [-0.4, -0.2) is 25.7 Å². The van der Waals surface area contributed by atoms with E-state index in [4.69, 9.17) is 37.4 Å². The Kier molecular flexibility index (Phi) is 8.10. The van der Waals surface area contributed by atoms with Crippen LogP contribution in [0.25, 0.3) is 0 Å². The van der Waals surface area contributed by atoms with Crippen molar-refractivity contribution >= 4 is 35.2 Å². The Labute approximate surface area is 203 Å². The zero-order chi connectivity index (χ0) is 24.1. The number of esters is 1. The van der Waals surface area contributed by atoms with E-state index >= 15 is 0 Å². The van der Waals surface area contributed by atoms with Gasteiger partial charge >= 0.3 is 12.0 Å². The lowest BCUT2D eigenvalue weighted by atomic mass is 9.91. The van der Waals surface area contributed by atoms with Crippen molar-refractivity contribution < 1.29 is 23.8 Å². The van der Waals surface area contributed by atoms with Gasteiger partial charge in [0.05, 0.1) is 25.3 Å². The minimum Gasteiger partial charge on any atom is -0.490 e. The molecule has 9 heteroatoms. The monoisotopic (exact) mass is 492 g/mol. The molecule has 2 aromatic rings. The maximum absolute atomic E-state index is 12.6. The van der Waals surface area contributed by atoms with Gasteiger partial charge in [0.2, 0.25) is 0 Å². The fourth-order valence-electron chi connectivity index (χ4n) is 3.51.